The van der Waals surface area contributed by atoms with E-state index in [4.69, 9.17) is 21.2 Å². The standard InChI is InChI=1S/C16H12ClNO4S/c1-9-11-4-2-3-5-13(11)22-16(9)15(19)10-6-7-12(17)14(8-10)23(18,20)21/h2-8H,1H3,(H2,18,20,21). The molecule has 0 aliphatic carbocycles. The molecule has 0 bridgehead atoms. The molecule has 0 aliphatic rings. The Kier molecular flexibility index (Phi) is 3.75. The molecule has 2 aromatic carbocycles. The fraction of sp³-hybridized carbons (Fsp3) is 0.0625. The average Bonchev–Trinajstić information content (AvgIpc) is 2.83. The lowest BCUT2D eigenvalue weighted by molar-refractivity contribution is 0.101. The van der Waals surface area contributed by atoms with Crippen LogP contribution < -0.4 is 5.14 Å². The number of ketones is 1. The average molecular weight is 350 g/mol. The number of rotatable bonds is 3. The van der Waals surface area contributed by atoms with E-state index in [0.717, 1.165) is 11.5 Å². The van der Waals surface area contributed by atoms with E-state index in [2.05, 4.69) is 0 Å². The van der Waals surface area contributed by atoms with Crippen molar-refractivity contribution < 1.29 is 17.6 Å². The van der Waals surface area contributed by atoms with Crippen molar-refractivity contribution in [3.05, 3.63) is 64.4 Å². The summed E-state index contributed by atoms with van der Waals surface area (Å²) < 4.78 is 28.7. The summed E-state index contributed by atoms with van der Waals surface area (Å²) >= 11 is 5.83. The summed E-state index contributed by atoms with van der Waals surface area (Å²) in [6, 6.07) is 11.2. The van der Waals surface area contributed by atoms with E-state index < -0.39 is 15.8 Å². The molecule has 7 heteroatoms. The first-order valence-corrected chi connectivity index (χ1v) is 8.56. The van der Waals surface area contributed by atoms with E-state index in [1.807, 2.05) is 12.1 Å². The minimum Gasteiger partial charge on any atom is -0.452 e. The number of benzene rings is 2. The zero-order valence-corrected chi connectivity index (χ0v) is 13.6. The van der Waals surface area contributed by atoms with E-state index >= 15 is 0 Å². The van der Waals surface area contributed by atoms with Crippen molar-refractivity contribution in [3.63, 3.8) is 0 Å². The number of carbonyl (C=O) groups excluding carboxylic acids is 1. The van der Waals surface area contributed by atoms with Gasteiger partial charge in [-0.2, -0.15) is 0 Å². The normalized spacial score (nSPS) is 11.8. The van der Waals surface area contributed by atoms with Gasteiger partial charge in [-0.15, -0.1) is 0 Å². The van der Waals surface area contributed by atoms with Crippen LogP contribution in [-0.2, 0) is 10.0 Å². The Morgan fingerprint density at radius 2 is 1.87 bits per heavy atom. The third-order valence-corrected chi connectivity index (χ3v) is 4.94. The summed E-state index contributed by atoms with van der Waals surface area (Å²) in [5, 5.41) is 5.90. The Labute approximate surface area is 137 Å². The molecular formula is C16H12ClNO4S. The number of nitrogens with two attached hydrogens (primary N) is 1. The number of fused-ring (bicyclic) bond motifs is 1. The number of hydrogen-bond acceptors (Lipinski definition) is 4. The van der Waals surface area contributed by atoms with E-state index in [1.165, 1.54) is 12.1 Å². The van der Waals surface area contributed by atoms with Gasteiger partial charge < -0.3 is 4.42 Å². The SMILES string of the molecule is Cc1c(C(=O)c2ccc(Cl)c(S(N)(=O)=O)c2)oc2ccccc12. The van der Waals surface area contributed by atoms with Crippen LogP contribution in [0.15, 0.2) is 51.8 Å². The second kappa shape index (κ2) is 5.49. The summed E-state index contributed by atoms with van der Waals surface area (Å²) in [5.41, 5.74) is 1.42. The zero-order chi connectivity index (χ0) is 16.8. The second-order valence-electron chi connectivity index (χ2n) is 5.07. The molecule has 0 aliphatic heterocycles. The van der Waals surface area contributed by atoms with Crippen molar-refractivity contribution in [2.45, 2.75) is 11.8 Å². The Hall–Kier alpha value is -2.15. The van der Waals surface area contributed by atoms with Crippen LogP contribution in [0.2, 0.25) is 5.02 Å². The quantitative estimate of drug-likeness (QED) is 0.735. The number of carbonyl (C=O) groups is 1. The van der Waals surface area contributed by atoms with Crippen molar-refractivity contribution in [1.82, 2.24) is 0 Å². The van der Waals surface area contributed by atoms with Gasteiger partial charge >= 0.3 is 0 Å². The first kappa shape index (κ1) is 15.7. The lowest BCUT2D eigenvalue weighted by atomic mass is 10.0. The molecule has 2 N–H and O–H groups in total. The Balaban J connectivity index is 2.15. The van der Waals surface area contributed by atoms with Gasteiger partial charge in [0.15, 0.2) is 5.76 Å². The monoisotopic (exact) mass is 349 g/mol. The lowest BCUT2D eigenvalue weighted by Gasteiger charge is -2.04. The maximum Gasteiger partial charge on any atom is 0.239 e. The van der Waals surface area contributed by atoms with Crippen molar-refractivity contribution >= 4 is 38.4 Å². The molecule has 3 rings (SSSR count). The summed E-state index contributed by atoms with van der Waals surface area (Å²) in [7, 11) is -4.02. The second-order valence-corrected chi connectivity index (χ2v) is 7.01. The van der Waals surface area contributed by atoms with Crippen LogP contribution in [0.25, 0.3) is 11.0 Å². The van der Waals surface area contributed by atoms with Gasteiger partial charge in [-0.3, -0.25) is 4.79 Å². The van der Waals surface area contributed by atoms with E-state index in [9.17, 15) is 13.2 Å². The molecule has 0 spiro atoms. The molecule has 5 nitrogen and oxygen atoms in total. The molecule has 1 aromatic heterocycles. The molecule has 0 unspecified atom stereocenters. The topological polar surface area (TPSA) is 90.4 Å². The molecule has 0 saturated carbocycles. The number of aryl methyl sites for hydroxylation is 1. The van der Waals surface area contributed by atoms with E-state index in [0.29, 0.717) is 11.1 Å². The van der Waals surface area contributed by atoms with Gasteiger partial charge in [0.05, 0.1) is 5.02 Å². The van der Waals surface area contributed by atoms with Crippen LogP contribution in [0.4, 0.5) is 0 Å². The molecule has 118 valence electrons. The highest BCUT2D eigenvalue weighted by atomic mass is 35.5. The van der Waals surface area contributed by atoms with Crippen LogP contribution in [0.3, 0.4) is 0 Å². The lowest BCUT2D eigenvalue weighted by Crippen LogP contribution is -2.14. The summed E-state index contributed by atoms with van der Waals surface area (Å²) in [6.45, 7) is 1.77. The fourth-order valence-corrected chi connectivity index (χ4v) is 3.46. The fourth-order valence-electron chi connectivity index (χ4n) is 2.38. The smallest absolute Gasteiger partial charge is 0.239 e. The first-order chi connectivity index (χ1) is 10.8. The molecule has 0 saturated heterocycles. The van der Waals surface area contributed by atoms with Crippen LogP contribution >= 0.6 is 11.6 Å². The number of halogens is 1. The summed E-state index contributed by atoms with van der Waals surface area (Å²) in [5.74, 6) is -0.269. The van der Waals surface area contributed by atoms with Gasteiger partial charge in [0.25, 0.3) is 0 Å². The van der Waals surface area contributed by atoms with Gasteiger partial charge in [0.1, 0.15) is 10.5 Å². The molecule has 23 heavy (non-hydrogen) atoms. The van der Waals surface area contributed by atoms with Crippen LogP contribution in [-0.4, -0.2) is 14.2 Å². The Morgan fingerprint density at radius 3 is 2.52 bits per heavy atom. The van der Waals surface area contributed by atoms with Crippen molar-refractivity contribution in [1.29, 1.82) is 0 Å². The maximum atomic E-state index is 12.7. The van der Waals surface area contributed by atoms with E-state index in [-0.39, 0.29) is 21.2 Å². The summed E-state index contributed by atoms with van der Waals surface area (Å²) in [6.07, 6.45) is 0. The van der Waals surface area contributed by atoms with Crippen molar-refractivity contribution in [3.8, 4) is 0 Å². The minimum absolute atomic E-state index is 0.0367. The maximum absolute atomic E-state index is 12.7. The molecule has 0 amide bonds. The largest absolute Gasteiger partial charge is 0.452 e. The number of hydrogen-bond donors (Lipinski definition) is 1. The summed E-state index contributed by atoms with van der Waals surface area (Å²) in [4.78, 5) is 12.4. The van der Waals surface area contributed by atoms with Crippen molar-refractivity contribution in [2.24, 2.45) is 5.14 Å². The highest BCUT2D eigenvalue weighted by Crippen LogP contribution is 2.28. The van der Waals surface area contributed by atoms with E-state index in [1.54, 1.807) is 19.1 Å². The minimum atomic E-state index is -4.02. The molecule has 0 fully saturated rings. The number of sulfonamides is 1. The van der Waals surface area contributed by atoms with Crippen LogP contribution in [0.1, 0.15) is 21.7 Å². The van der Waals surface area contributed by atoms with Crippen LogP contribution in [0.5, 0.6) is 0 Å². The van der Waals surface area contributed by atoms with Gasteiger partial charge in [-0.1, -0.05) is 29.8 Å². The van der Waals surface area contributed by atoms with Gasteiger partial charge in [-0.05, 0) is 31.2 Å². The predicted octanol–water partition coefficient (Wildman–Crippen LogP) is 3.27. The number of furan rings is 1. The Morgan fingerprint density at radius 1 is 1.17 bits per heavy atom. The third-order valence-electron chi connectivity index (χ3n) is 3.55. The van der Waals surface area contributed by atoms with Gasteiger partial charge in [-0.25, -0.2) is 13.6 Å². The predicted molar refractivity (Wildman–Crippen MR) is 87.2 cm³/mol. The highest BCUT2D eigenvalue weighted by molar-refractivity contribution is 7.89. The molecular weight excluding hydrogens is 338 g/mol. The zero-order valence-electron chi connectivity index (χ0n) is 12.0. The molecule has 0 radical (unpaired) electrons. The molecule has 0 atom stereocenters. The Bertz CT molecular complexity index is 1040. The van der Waals surface area contributed by atoms with Gasteiger partial charge in [0, 0.05) is 16.5 Å². The van der Waals surface area contributed by atoms with Crippen LogP contribution in [0, 0.1) is 6.92 Å². The third kappa shape index (κ3) is 2.76. The molecule has 3 aromatic rings. The number of para-hydroxylation sites is 1. The highest BCUT2D eigenvalue weighted by Gasteiger charge is 2.22. The van der Waals surface area contributed by atoms with Gasteiger partial charge in [0.2, 0.25) is 15.8 Å². The van der Waals surface area contributed by atoms with Crippen molar-refractivity contribution in [2.75, 3.05) is 0 Å². The first-order valence-electron chi connectivity index (χ1n) is 6.64. The number of primary sulfonamides is 1. The molecule has 1 heterocycles.